The molecule has 0 N–H and O–H groups in total. The maximum atomic E-state index is 7.76. The third kappa shape index (κ3) is 6.67. The molecule has 0 amide bonds. The summed E-state index contributed by atoms with van der Waals surface area (Å²) in [6, 6.07) is 54.5. The van der Waals surface area contributed by atoms with Gasteiger partial charge >= 0.3 is 0 Å². The quantitative estimate of drug-likeness (QED) is 0.131. The molecule has 2 aliphatic heterocycles. The second kappa shape index (κ2) is 15.1. The maximum Gasteiger partial charge on any atom is 0.241 e. The van der Waals surface area contributed by atoms with E-state index in [0.717, 1.165) is 67.3 Å². The minimum Gasteiger partial charge on any atom is -0.503 e. The molecule has 0 atom stereocenters. The van der Waals surface area contributed by atoms with Gasteiger partial charge in [0.1, 0.15) is 17.2 Å². The molecule has 10 rings (SSSR count). The van der Waals surface area contributed by atoms with Crippen LogP contribution in [0.25, 0.3) is 44.8 Å². The monoisotopic (exact) mass is 879 g/mol. The van der Waals surface area contributed by atoms with Crippen LogP contribution in [0.15, 0.2) is 164 Å². The van der Waals surface area contributed by atoms with Crippen molar-refractivity contribution in [2.45, 2.75) is 13.7 Å². The van der Waals surface area contributed by atoms with E-state index in [-0.39, 0.29) is 37.9 Å². The van der Waals surface area contributed by atoms with E-state index in [9.17, 15) is 0 Å². The normalized spacial score (nSPS) is 13.7. The van der Waals surface area contributed by atoms with Gasteiger partial charge in [0.05, 0.1) is 0 Å². The van der Waals surface area contributed by atoms with E-state index in [1.807, 2.05) is 97.2 Å². The first-order chi connectivity index (χ1) is 28.5. The summed E-state index contributed by atoms with van der Waals surface area (Å²) in [7, 11) is 0. The Morgan fingerprint density at radius 2 is 1.33 bits per heavy atom. The van der Waals surface area contributed by atoms with Crippen LogP contribution in [0.3, 0.4) is 0 Å². The van der Waals surface area contributed by atoms with Crippen LogP contribution >= 0.6 is 0 Å². The largest absolute Gasteiger partial charge is 0.503 e. The fraction of sp³-hybridized carbons (Fsp3) is 0.0417. The molecule has 2 aliphatic rings. The van der Waals surface area contributed by atoms with Crippen molar-refractivity contribution in [2.75, 3.05) is 0 Å². The van der Waals surface area contributed by atoms with Gasteiger partial charge in [-0.2, -0.15) is 0 Å². The van der Waals surface area contributed by atoms with E-state index >= 15 is 0 Å². The van der Waals surface area contributed by atoms with Crippen LogP contribution in [-0.4, -0.2) is 16.7 Å². The average molecular weight is 879 g/mol. The van der Waals surface area contributed by atoms with Gasteiger partial charge in [0.25, 0.3) is 0 Å². The molecule has 4 heterocycles. The first-order valence-electron chi connectivity index (χ1n) is 20.3. The molecule has 0 saturated carbocycles. The molecule has 4 nitrogen and oxygen atoms in total. The second-order valence-electron chi connectivity index (χ2n) is 12.8. The van der Waals surface area contributed by atoms with E-state index in [1.54, 1.807) is 12.1 Å². The molecule has 8 aromatic rings. The van der Waals surface area contributed by atoms with Crippen molar-refractivity contribution in [3.05, 3.63) is 187 Å². The summed E-state index contributed by atoms with van der Waals surface area (Å²) in [5.74, 6) is 3.37. The van der Waals surface area contributed by atoms with Crippen molar-refractivity contribution in [1.29, 1.82) is 0 Å². The van der Waals surface area contributed by atoms with Crippen LogP contribution in [-0.2, 0) is 20.1 Å². The first kappa shape index (κ1) is 28.4. The molecule has 6 aromatic carbocycles. The van der Waals surface area contributed by atoms with Gasteiger partial charge in [-0.25, -0.2) is 0 Å². The number of rotatable bonds is 4. The van der Waals surface area contributed by atoms with E-state index in [1.165, 1.54) is 18.3 Å². The van der Waals surface area contributed by atoms with E-state index < -0.39 is 13.7 Å². The second-order valence-corrected chi connectivity index (χ2v) is 12.8. The molecule has 0 spiro atoms. The van der Waals surface area contributed by atoms with Crippen molar-refractivity contribution >= 4 is 23.1 Å². The summed E-state index contributed by atoms with van der Waals surface area (Å²) in [5, 5.41) is 0. The molecule has 2 aromatic heterocycles. The number of aromatic nitrogens is 2. The summed E-state index contributed by atoms with van der Waals surface area (Å²) in [6.07, 6.45) is 3.27. The van der Waals surface area contributed by atoms with Gasteiger partial charge in [-0.1, -0.05) is 116 Å². The predicted molar refractivity (Wildman–Crippen MR) is 215 cm³/mol. The van der Waals surface area contributed by atoms with Crippen molar-refractivity contribution in [1.82, 2.24) is 9.97 Å². The third-order valence-corrected chi connectivity index (χ3v) is 9.47. The fourth-order valence-electron chi connectivity index (χ4n) is 6.92. The standard InChI is InChI=1S/C29H17BNO2.C19H16N.Ir/c1-2-8-19(9-3-1)20-16-17-24(31-18-20)21-10-6-12-23-29(21)33-27-15-7-14-26-28(27)30(23)22-11-4-5-13-25(22)32-26;1-14-8-10-17(11-9-14)19-12-18(15(2)13-20-19)16-6-4-3-5-7-16;/h1-9,11-18H;3-10,12-13H,1-2H3;/q2*-1;/i;1D3,2D3;. The van der Waals surface area contributed by atoms with Crippen LogP contribution in [0.4, 0.5) is 0 Å². The van der Waals surface area contributed by atoms with E-state index in [0.29, 0.717) is 16.8 Å². The zero-order valence-electron chi connectivity index (χ0n) is 34.7. The predicted octanol–water partition coefficient (Wildman–Crippen LogP) is 9.77. The van der Waals surface area contributed by atoms with Crippen molar-refractivity contribution in [2.24, 2.45) is 0 Å². The van der Waals surface area contributed by atoms with Crippen LogP contribution in [0.2, 0.25) is 0 Å². The van der Waals surface area contributed by atoms with Crippen LogP contribution < -0.4 is 25.9 Å². The molecule has 6 heteroatoms. The maximum absolute atomic E-state index is 7.76. The molecule has 54 heavy (non-hydrogen) atoms. The number of hydrogen-bond donors (Lipinski definition) is 0. The van der Waals surface area contributed by atoms with Crippen LogP contribution in [0.1, 0.15) is 19.4 Å². The molecular formula is C48H33BIrN2O2-2. The number of nitrogens with zero attached hydrogens (tertiary/aromatic N) is 2. The Balaban J connectivity index is 0.000000169. The van der Waals surface area contributed by atoms with Gasteiger partial charge in [-0.3, -0.25) is 0 Å². The van der Waals surface area contributed by atoms with Crippen molar-refractivity contribution in [3.63, 3.8) is 0 Å². The van der Waals surface area contributed by atoms with Crippen LogP contribution in [0, 0.1) is 25.8 Å². The third-order valence-electron chi connectivity index (χ3n) is 9.47. The summed E-state index contributed by atoms with van der Waals surface area (Å²) < 4.78 is 58.3. The smallest absolute Gasteiger partial charge is 0.241 e. The molecular weight excluding hydrogens is 840 g/mol. The van der Waals surface area contributed by atoms with Gasteiger partial charge in [0.2, 0.25) is 6.71 Å². The summed E-state index contributed by atoms with van der Waals surface area (Å²) in [6.45, 7) is -4.43. The zero-order chi connectivity index (χ0) is 40.7. The summed E-state index contributed by atoms with van der Waals surface area (Å²) in [4.78, 5) is 9.04. The van der Waals surface area contributed by atoms with E-state index in [4.69, 9.17) is 22.7 Å². The number of para-hydroxylation sites is 1. The zero-order valence-corrected chi connectivity index (χ0v) is 31.1. The van der Waals surface area contributed by atoms with Gasteiger partial charge in [-0.15, -0.1) is 59.1 Å². The Labute approximate surface area is 338 Å². The van der Waals surface area contributed by atoms with Gasteiger partial charge < -0.3 is 19.4 Å². The average Bonchev–Trinajstić information content (AvgIpc) is 3.26. The van der Waals surface area contributed by atoms with E-state index in [2.05, 4.69) is 53.5 Å². The number of hydrogen-bond acceptors (Lipinski definition) is 4. The molecule has 0 fully saturated rings. The van der Waals surface area contributed by atoms with Crippen molar-refractivity contribution < 1.29 is 37.8 Å². The molecule has 0 aliphatic carbocycles. The molecule has 0 bridgehead atoms. The fourth-order valence-corrected chi connectivity index (χ4v) is 6.92. The SMILES string of the molecule is [2H]C([2H])([2H])c1c[c-]c(-c2cc(-c3ccccc3)c(C([2H])([2H])[2H])cn2)cc1.[Ir].[c-]1ccc2c(c1-c1ccc(-c3ccccc3)cn1)Oc1cccc3c1B2c1ccccc1O3. The van der Waals surface area contributed by atoms with Gasteiger partial charge in [0, 0.05) is 51.9 Å². The minimum absolute atomic E-state index is 0. The Bertz CT molecular complexity index is 2800. The first-order valence-corrected chi connectivity index (χ1v) is 17.3. The van der Waals surface area contributed by atoms with Crippen molar-refractivity contribution in [3.8, 4) is 67.8 Å². The Morgan fingerprint density at radius 3 is 2.07 bits per heavy atom. The Kier molecular flexibility index (Phi) is 7.96. The topological polar surface area (TPSA) is 44.2 Å². The van der Waals surface area contributed by atoms with Crippen LogP contribution in [0.5, 0.6) is 23.0 Å². The molecule has 0 unspecified atom stereocenters. The number of benzene rings is 6. The van der Waals surface area contributed by atoms with Gasteiger partial charge in [0.15, 0.2) is 0 Å². The number of ether oxygens (including phenoxy) is 2. The minimum atomic E-state index is -2.29. The summed E-state index contributed by atoms with van der Waals surface area (Å²) in [5.41, 5.74) is 10.1. The molecule has 0 saturated heterocycles. The number of fused-ring (bicyclic) bond motifs is 4. The Hall–Kier alpha value is -6.07. The number of pyridine rings is 2. The molecule has 1 radical (unpaired) electrons. The number of aryl methyl sites for hydroxylation is 2. The molecule has 261 valence electrons. The summed E-state index contributed by atoms with van der Waals surface area (Å²) >= 11 is 0. The Morgan fingerprint density at radius 1 is 0.593 bits per heavy atom. The van der Waals surface area contributed by atoms with Gasteiger partial charge in [-0.05, 0) is 69.7 Å².